The van der Waals surface area contributed by atoms with Crippen LogP contribution < -0.4 is 9.64 Å². The minimum absolute atomic E-state index is 0.103. The normalized spacial score (nSPS) is 20.6. The minimum atomic E-state index is -0.103. The van der Waals surface area contributed by atoms with Crippen molar-refractivity contribution < 1.29 is 9.53 Å². The molecule has 162 valence electrons. The van der Waals surface area contributed by atoms with E-state index in [1.165, 1.54) is 5.69 Å². The van der Waals surface area contributed by atoms with E-state index >= 15 is 0 Å². The molecule has 2 aromatic carbocycles. The standard InChI is InChI=1S/C25H24N4O2S/c1-16-22(28-10-11-32-25(28)26-16)15-27-14-19-13-21(27)24(30)29(19)20-12-18(8-9-23(20)31-2)17-6-4-3-5-7-17/h3-12,19,21H,13-15H2,1-2H3/t19-,21-/m0/s1. The number of imidazole rings is 1. The molecule has 2 aliphatic heterocycles. The van der Waals surface area contributed by atoms with Crippen molar-refractivity contribution in [3.63, 3.8) is 0 Å². The number of carbonyl (C=O) groups is 1. The zero-order chi connectivity index (χ0) is 21.8. The van der Waals surface area contributed by atoms with Gasteiger partial charge in [-0.25, -0.2) is 4.98 Å². The topological polar surface area (TPSA) is 50.1 Å². The summed E-state index contributed by atoms with van der Waals surface area (Å²) in [5.74, 6) is 0.900. The van der Waals surface area contributed by atoms with Gasteiger partial charge in [0.2, 0.25) is 5.91 Å². The lowest BCUT2D eigenvalue weighted by Gasteiger charge is -2.34. The van der Waals surface area contributed by atoms with E-state index in [1.54, 1.807) is 18.4 Å². The maximum Gasteiger partial charge on any atom is 0.244 e. The van der Waals surface area contributed by atoms with E-state index in [-0.39, 0.29) is 18.0 Å². The minimum Gasteiger partial charge on any atom is -0.495 e. The highest BCUT2D eigenvalue weighted by Gasteiger charge is 2.50. The molecular weight excluding hydrogens is 420 g/mol. The molecule has 0 saturated carbocycles. The number of ether oxygens (including phenoxy) is 1. The number of piperazine rings is 1. The van der Waals surface area contributed by atoms with Gasteiger partial charge in [-0.3, -0.25) is 14.1 Å². The molecule has 0 N–H and O–H groups in total. The molecule has 0 unspecified atom stereocenters. The second kappa shape index (κ2) is 7.46. The van der Waals surface area contributed by atoms with E-state index in [4.69, 9.17) is 4.74 Å². The molecule has 4 aromatic rings. The summed E-state index contributed by atoms with van der Waals surface area (Å²) in [6.07, 6.45) is 2.92. The first-order valence-corrected chi connectivity index (χ1v) is 11.7. The van der Waals surface area contributed by atoms with Crippen LogP contribution in [0.4, 0.5) is 5.69 Å². The second-order valence-electron chi connectivity index (χ2n) is 8.50. The third-order valence-electron chi connectivity index (χ3n) is 6.73. The van der Waals surface area contributed by atoms with Gasteiger partial charge < -0.3 is 9.64 Å². The summed E-state index contributed by atoms with van der Waals surface area (Å²) >= 11 is 1.64. The molecule has 6 rings (SSSR count). The maximum absolute atomic E-state index is 13.5. The molecule has 1 amide bonds. The van der Waals surface area contributed by atoms with E-state index in [9.17, 15) is 4.79 Å². The van der Waals surface area contributed by atoms with Gasteiger partial charge >= 0.3 is 0 Å². The van der Waals surface area contributed by atoms with Gasteiger partial charge in [0.25, 0.3) is 0 Å². The number of aromatic nitrogens is 2. The number of carbonyl (C=O) groups excluding carboxylic acids is 1. The SMILES string of the molecule is COc1ccc(-c2ccccc2)cc1N1C(=O)[C@@H]2C[C@H]1CN2Cc1c(C)nc2sccn12. The predicted octanol–water partition coefficient (Wildman–Crippen LogP) is 4.37. The molecule has 2 saturated heterocycles. The number of rotatable bonds is 5. The Morgan fingerprint density at radius 3 is 2.78 bits per heavy atom. The molecule has 6 nitrogen and oxygen atoms in total. The van der Waals surface area contributed by atoms with Crippen LogP contribution in [0.15, 0.2) is 60.1 Å². The van der Waals surface area contributed by atoms with E-state index in [0.717, 1.165) is 52.7 Å². The zero-order valence-electron chi connectivity index (χ0n) is 18.1. The Morgan fingerprint density at radius 2 is 2.00 bits per heavy atom. The zero-order valence-corrected chi connectivity index (χ0v) is 18.9. The molecule has 4 heterocycles. The molecule has 0 aliphatic carbocycles. The molecule has 0 radical (unpaired) electrons. The van der Waals surface area contributed by atoms with Gasteiger partial charge in [-0.05, 0) is 36.6 Å². The van der Waals surface area contributed by atoms with Gasteiger partial charge in [-0.2, -0.15) is 0 Å². The summed E-state index contributed by atoms with van der Waals surface area (Å²) in [4.78, 5) is 23.5. The second-order valence-corrected chi connectivity index (χ2v) is 9.37. The number of hydrogen-bond acceptors (Lipinski definition) is 5. The number of methoxy groups -OCH3 is 1. The Bertz CT molecular complexity index is 1310. The number of anilines is 1. The lowest BCUT2D eigenvalue weighted by molar-refractivity contribution is -0.122. The van der Waals surface area contributed by atoms with Crippen molar-refractivity contribution in [1.29, 1.82) is 0 Å². The number of likely N-dealkylation sites (tertiary alicyclic amines) is 1. The fourth-order valence-electron chi connectivity index (χ4n) is 5.17. The quantitative estimate of drug-likeness (QED) is 0.459. The first kappa shape index (κ1) is 19.5. The number of benzene rings is 2. The van der Waals surface area contributed by atoms with Crippen molar-refractivity contribution in [3.05, 3.63) is 71.5 Å². The summed E-state index contributed by atoms with van der Waals surface area (Å²) in [5, 5.41) is 2.06. The van der Waals surface area contributed by atoms with Gasteiger partial charge in [0.05, 0.1) is 36.3 Å². The first-order chi connectivity index (χ1) is 15.6. The summed E-state index contributed by atoms with van der Waals surface area (Å²) < 4.78 is 7.81. The van der Waals surface area contributed by atoms with Gasteiger partial charge in [-0.1, -0.05) is 36.4 Å². The summed E-state index contributed by atoms with van der Waals surface area (Å²) in [6.45, 7) is 3.65. The molecule has 2 aliphatic rings. The van der Waals surface area contributed by atoms with Gasteiger partial charge in [0.1, 0.15) is 5.75 Å². The Morgan fingerprint density at radius 1 is 1.16 bits per heavy atom. The molecule has 32 heavy (non-hydrogen) atoms. The molecule has 2 bridgehead atoms. The molecule has 2 atom stereocenters. The summed E-state index contributed by atoms with van der Waals surface area (Å²) in [7, 11) is 1.67. The molecule has 2 fully saturated rings. The smallest absolute Gasteiger partial charge is 0.244 e. The van der Waals surface area contributed by atoms with E-state index in [1.807, 2.05) is 29.2 Å². The predicted molar refractivity (Wildman–Crippen MR) is 126 cm³/mol. The van der Waals surface area contributed by atoms with Crippen LogP contribution in [0, 0.1) is 6.92 Å². The van der Waals surface area contributed by atoms with Gasteiger partial charge in [-0.15, -0.1) is 11.3 Å². The highest BCUT2D eigenvalue weighted by atomic mass is 32.1. The number of amides is 1. The highest BCUT2D eigenvalue weighted by molar-refractivity contribution is 7.15. The average molecular weight is 445 g/mol. The Kier molecular flexibility index (Phi) is 4.55. The van der Waals surface area contributed by atoms with Crippen LogP contribution in [0.2, 0.25) is 0 Å². The van der Waals surface area contributed by atoms with Crippen LogP contribution in [0.25, 0.3) is 16.1 Å². The lowest BCUT2D eigenvalue weighted by atomic mass is 10.0. The Labute approximate surface area is 190 Å². The Hall–Kier alpha value is -3.16. The van der Waals surface area contributed by atoms with Crippen LogP contribution in [0.5, 0.6) is 5.75 Å². The lowest BCUT2D eigenvalue weighted by Crippen LogP contribution is -2.50. The van der Waals surface area contributed by atoms with Crippen LogP contribution in [-0.2, 0) is 11.3 Å². The highest BCUT2D eigenvalue weighted by Crippen LogP contribution is 2.42. The van der Waals surface area contributed by atoms with E-state index < -0.39 is 0 Å². The van der Waals surface area contributed by atoms with Gasteiger partial charge in [0, 0.05) is 24.7 Å². The van der Waals surface area contributed by atoms with Crippen LogP contribution in [-0.4, -0.2) is 45.9 Å². The van der Waals surface area contributed by atoms with E-state index in [2.05, 4.69) is 57.1 Å². The monoisotopic (exact) mass is 444 g/mol. The average Bonchev–Trinajstić information content (AvgIpc) is 3.57. The number of aryl methyl sites for hydroxylation is 1. The van der Waals surface area contributed by atoms with Crippen molar-refractivity contribution in [3.8, 4) is 16.9 Å². The van der Waals surface area contributed by atoms with Crippen molar-refractivity contribution >= 4 is 27.9 Å². The Balaban J connectivity index is 1.30. The van der Waals surface area contributed by atoms with Crippen LogP contribution in [0.1, 0.15) is 17.8 Å². The third kappa shape index (κ3) is 2.96. The fraction of sp³-hybridized carbons (Fsp3) is 0.280. The van der Waals surface area contributed by atoms with Crippen molar-refractivity contribution in [2.75, 3.05) is 18.6 Å². The molecule has 2 aromatic heterocycles. The number of nitrogens with zero attached hydrogens (tertiary/aromatic N) is 4. The third-order valence-corrected chi connectivity index (χ3v) is 7.49. The summed E-state index contributed by atoms with van der Waals surface area (Å²) in [5.41, 5.74) is 5.30. The van der Waals surface area contributed by atoms with Crippen molar-refractivity contribution in [2.24, 2.45) is 0 Å². The van der Waals surface area contributed by atoms with E-state index in [0.29, 0.717) is 0 Å². The number of thiazole rings is 1. The fourth-order valence-corrected chi connectivity index (χ4v) is 5.94. The number of hydrogen-bond donors (Lipinski definition) is 0. The molecular formula is C25H24N4O2S. The largest absolute Gasteiger partial charge is 0.495 e. The van der Waals surface area contributed by atoms with Crippen LogP contribution >= 0.6 is 11.3 Å². The van der Waals surface area contributed by atoms with Crippen molar-refractivity contribution in [2.45, 2.75) is 32.0 Å². The van der Waals surface area contributed by atoms with Crippen LogP contribution in [0.3, 0.4) is 0 Å². The van der Waals surface area contributed by atoms with Crippen molar-refractivity contribution in [1.82, 2.24) is 14.3 Å². The molecule has 0 spiro atoms. The van der Waals surface area contributed by atoms with Gasteiger partial charge in [0.15, 0.2) is 4.96 Å². The summed E-state index contributed by atoms with van der Waals surface area (Å²) in [6, 6.07) is 16.4. The number of fused-ring (bicyclic) bond motifs is 3. The molecule has 7 heteroatoms. The first-order valence-electron chi connectivity index (χ1n) is 10.9. The maximum atomic E-state index is 13.5.